The van der Waals surface area contributed by atoms with E-state index < -0.39 is 30.4 Å². The fraction of sp³-hybridized carbons (Fsp3) is 0.818. The van der Waals surface area contributed by atoms with Crippen molar-refractivity contribution in [3.8, 4) is 6.07 Å². The van der Waals surface area contributed by atoms with Crippen molar-refractivity contribution in [3.05, 3.63) is 0 Å². The van der Waals surface area contributed by atoms with E-state index >= 15 is 0 Å². The molecule has 0 aromatic carbocycles. The van der Waals surface area contributed by atoms with Gasteiger partial charge in [0.2, 0.25) is 5.91 Å². The second-order valence-electron chi connectivity index (χ2n) is 4.45. The molecule has 0 spiro atoms. The van der Waals surface area contributed by atoms with E-state index in [-0.39, 0.29) is 0 Å². The molecule has 1 saturated carbocycles. The normalized spacial score (nSPS) is 19.4. The van der Waals surface area contributed by atoms with Crippen LogP contribution >= 0.6 is 0 Å². The third-order valence-corrected chi connectivity index (χ3v) is 3.09. The van der Waals surface area contributed by atoms with Crippen molar-refractivity contribution in [2.24, 2.45) is 5.41 Å². The minimum Gasteiger partial charge on any atom is -0.390 e. The average molecular weight is 246 g/mol. The number of rotatable bonds is 4. The quantitative estimate of drug-likeness (QED) is 0.783. The third-order valence-electron chi connectivity index (χ3n) is 3.09. The molecular formula is C11H16F2N2O2. The first kappa shape index (κ1) is 13.8. The van der Waals surface area contributed by atoms with Gasteiger partial charge >= 0.3 is 0 Å². The molecular weight excluding hydrogens is 230 g/mol. The van der Waals surface area contributed by atoms with E-state index in [1.807, 2.05) is 6.07 Å². The summed E-state index contributed by atoms with van der Waals surface area (Å²) in [6.45, 7) is -2.24. The molecule has 0 atom stereocenters. The molecule has 1 amide bonds. The van der Waals surface area contributed by atoms with E-state index in [4.69, 9.17) is 10.4 Å². The summed E-state index contributed by atoms with van der Waals surface area (Å²) in [4.78, 5) is 11.8. The van der Waals surface area contributed by atoms with Gasteiger partial charge in [-0.25, -0.2) is 8.78 Å². The molecule has 1 fully saturated rings. The standard InChI is InChI=1S/C11H16F2N2O2/c12-11(13,8-16)7-15-9(17)10(6-14)4-2-1-3-5-10/h16H,1-5,7-8H2,(H,15,17). The number of carbonyl (C=O) groups excluding carboxylic acids is 1. The van der Waals surface area contributed by atoms with Crippen molar-refractivity contribution in [3.63, 3.8) is 0 Å². The Morgan fingerprint density at radius 3 is 2.47 bits per heavy atom. The largest absolute Gasteiger partial charge is 0.390 e. The van der Waals surface area contributed by atoms with Crippen molar-refractivity contribution in [1.29, 1.82) is 5.26 Å². The van der Waals surface area contributed by atoms with Crippen LogP contribution in [-0.2, 0) is 4.79 Å². The van der Waals surface area contributed by atoms with Gasteiger partial charge in [0.1, 0.15) is 12.0 Å². The van der Waals surface area contributed by atoms with Gasteiger partial charge in [-0.3, -0.25) is 4.79 Å². The van der Waals surface area contributed by atoms with Gasteiger partial charge < -0.3 is 10.4 Å². The Morgan fingerprint density at radius 2 is 2.00 bits per heavy atom. The van der Waals surface area contributed by atoms with Crippen molar-refractivity contribution in [2.45, 2.75) is 38.0 Å². The number of nitrogens with one attached hydrogen (secondary N) is 1. The van der Waals surface area contributed by atoms with Crippen LogP contribution in [0.5, 0.6) is 0 Å². The van der Waals surface area contributed by atoms with E-state index in [2.05, 4.69) is 5.32 Å². The predicted molar refractivity (Wildman–Crippen MR) is 56.2 cm³/mol. The van der Waals surface area contributed by atoms with Crippen molar-refractivity contribution in [2.75, 3.05) is 13.2 Å². The summed E-state index contributed by atoms with van der Waals surface area (Å²) in [5.74, 6) is -3.98. The minimum atomic E-state index is -3.33. The smallest absolute Gasteiger partial charge is 0.287 e. The summed E-state index contributed by atoms with van der Waals surface area (Å²) in [6.07, 6.45) is 3.32. The molecule has 6 heteroatoms. The topological polar surface area (TPSA) is 73.1 Å². The number of hydrogen-bond acceptors (Lipinski definition) is 3. The lowest BCUT2D eigenvalue weighted by molar-refractivity contribution is -0.132. The van der Waals surface area contributed by atoms with Crippen LogP contribution in [0.4, 0.5) is 8.78 Å². The first-order valence-corrected chi connectivity index (χ1v) is 5.64. The second kappa shape index (κ2) is 5.41. The molecule has 0 saturated heterocycles. The number of halogens is 2. The van der Waals surface area contributed by atoms with Crippen molar-refractivity contribution >= 4 is 5.91 Å². The Balaban J connectivity index is 2.59. The number of carbonyl (C=O) groups is 1. The Hall–Kier alpha value is -1.22. The summed E-state index contributed by atoms with van der Waals surface area (Å²) in [5, 5.41) is 19.5. The molecule has 4 nitrogen and oxygen atoms in total. The lowest BCUT2D eigenvalue weighted by atomic mass is 9.74. The number of alkyl halides is 2. The van der Waals surface area contributed by atoms with Crippen LogP contribution in [0.2, 0.25) is 0 Å². The van der Waals surface area contributed by atoms with E-state index in [0.29, 0.717) is 12.8 Å². The number of nitriles is 1. The van der Waals surface area contributed by atoms with Crippen LogP contribution in [0.3, 0.4) is 0 Å². The highest BCUT2D eigenvalue weighted by Crippen LogP contribution is 2.35. The van der Waals surface area contributed by atoms with Gasteiger partial charge in [0.05, 0.1) is 12.6 Å². The summed E-state index contributed by atoms with van der Waals surface area (Å²) >= 11 is 0. The zero-order valence-corrected chi connectivity index (χ0v) is 9.51. The number of aliphatic hydroxyl groups is 1. The maximum absolute atomic E-state index is 12.8. The van der Waals surface area contributed by atoms with Crippen LogP contribution < -0.4 is 5.32 Å². The Morgan fingerprint density at radius 1 is 1.41 bits per heavy atom. The summed E-state index contributed by atoms with van der Waals surface area (Å²) in [7, 11) is 0. The van der Waals surface area contributed by atoms with Gasteiger partial charge in [-0.1, -0.05) is 19.3 Å². The SMILES string of the molecule is N#CC1(C(=O)NCC(F)(F)CO)CCCCC1. The zero-order valence-electron chi connectivity index (χ0n) is 9.51. The highest BCUT2D eigenvalue weighted by atomic mass is 19.3. The van der Waals surface area contributed by atoms with E-state index in [9.17, 15) is 13.6 Å². The molecule has 1 aliphatic carbocycles. The van der Waals surface area contributed by atoms with Gasteiger partial charge in [0, 0.05) is 0 Å². The van der Waals surface area contributed by atoms with Gasteiger partial charge in [-0.2, -0.15) is 5.26 Å². The first-order chi connectivity index (χ1) is 7.96. The van der Waals surface area contributed by atoms with Gasteiger partial charge in [0.15, 0.2) is 0 Å². The molecule has 2 N–H and O–H groups in total. The monoisotopic (exact) mass is 246 g/mol. The van der Waals surface area contributed by atoms with Crippen LogP contribution in [0.25, 0.3) is 0 Å². The highest BCUT2D eigenvalue weighted by molar-refractivity contribution is 5.85. The Bertz CT molecular complexity index is 320. The van der Waals surface area contributed by atoms with Gasteiger partial charge in [-0.05, 0) is 12.8 Å². The Labute approximate surface area is 98.6 Å². The molecule has 0 aromatic rings. The lowest BCUT2D eigenvalue weighted by Gasteiger charge is -2.29. The van der Waals surface area contributed by atoms with E-state index in [1.54, 1.807) is 0 Å². The fourth-order valence-electron chi connectivity index (χ4n) is 1.98. The second-order valence-corrected chi connectivity index (χ2v) is 4.45. The average Bonchev–Trinajstić information content (AvgIpc) is 2.37. The number of aliphatic hydroxyl groups excluding tert-OH is 1. The molecule has 0 heterocycles. The number of amides is 1. The molecule has 1 aliphatic rings. The predicted octanol–water partition coefficient (Wildman–Crippen LogP) is 1.20. The first-order valence-electron chi connectivity index (χ1n) is 5.64. The van der Waals surface area contributed by atoms with Crippen LogP contribution in [0, 0.1) is 16.7 Å². The van der Waals surface area contributed by atoms with Crippen LogP contribution in [-0.4, -0.2) is 30.1 Å². The summed E-state index contributed by atoms with van der Waals surface area (Å²) < 4.78 is 25.5. The third kappa shape index (κ3) is 3.37. The molecule has 1 rings (SSSR count). The van der Waals surface area contributed by atoms with Crippen molar-refractivity contribution < 1.29 is 18.7 Å². The minimum absolute atomic E-state index is 0.417. The molecule has 17 heavy (non-hydrogen) atoms. The fourth-order valence-corrected chi connectivity index (χ4v) is 1.98. The molecule has 0 radical (unpaired) electrons. The number of hydrogen-bond donors (Lipinski definition) is 2. The van der Waals surface area contributed by atoms with E-state index in [0.717, 1.165) is 19.3 Å². The summed E-state index contributed by atoms with van der Waals surface area (Å²) in [6, 6.07) is 1.95. The van der Waals surface area contributed by atoms with Gasteiger partial charge in [0.25, 0.3) is 5.92 Å². The molecule has 0 unspecified atom stereocenters. The van der Waals surface area contributed by atoms with Gasteiger partial charge in [-0.15, -0.1) is 0 Å². The highest BCUT2D eigenvalue weighted by Gasteiger charge is 2.41. The summed E-state index contributed by atoms with van der Waals surface area (Å²) in [5.41, 5.74) is -1.16. The molecule has 0 aliphatic heterocycles. The van der Waals surface area contributed by atoms with Crippen LogP contribution in [0.15, 0.2) is 0 Å². The Kier molecular flexibility index (Phi) is 4.40. The van der Waals surface area contributed by atoms with E-state index in [1.165, 1.54) is 0 Å². The maximum Gasteiger partial charge on any atom is 0.287 e. The lowest BCUT2D eigenvalue weighted by Crippen LogP contribution is -2.46. The van der Waals surface area contributed by atoms with Crippen molar-refractivity contribution in [1.82, 2.24) is 5.32 Å². The maximum atomic E-state index is 12.8. The zero-order chi connectivity index (χ0) is 12.9. The molecule has 96 valence electrons. The molecule has 0 aromatic heterocycles. The number of nitrogens with zero attached hydrogens (tertiary/aromatic N) is 1. The van der Waals surface area contributed by atoms with Crippen LogP contribution in [0.1, 0.15) is 32.1 Å². The molecule has 0 bridgehead atoms.